The molecule has 0 saturated carbocycles. The Kier molecular flexibility index (Phi) is 4.53. The van der Waals surface area contributed by atoms with Crippen LogP contribution in [0.4, 0.5) is 13.2 Å². The van der Waals surface area contributed by atoms with Crippen molar-refractivity contribution in [3.05, 3.63) is 77.5 Å². The van der Waals surface area contributed by atoms with Gasteiger partial charge in [0.15, 0.2) is 0 Å². The summed E-state index contributed by atoms with van der Waals surface area (Å²) in [5, 5.41) is 4.32. The fourth-order valence-corrected chi connectivity index (χ4v) is 2.68. The third-order valence-corrected chi connectivity index (χ3v) is 4.03. The highest BCUT2D eigenvalue weighted by atomic mass is 19.4. The highest BCUT2D eigenvalue weighted by Gasteiger charge is 2.30. The van der Waals surface area contributed by atoms with Gasteiger partial charge < -0.3 is 5.32 Å². The molecule has 0 spiro atoms. The second kappa shape index (κ2) is 6.61. The number of halogens is 3. The topological polar surface area (TPSA) is 24.9 Å². The average Bonchev–Trinajstić information content (AvgIpc) is 2.59. The highest BCUT2D eigenvalue weighted by molar-refractivity contribution is 5.81. The van der Waals surface area contributed by atoms with Crippen molar-refractivity contribution >= 4 is 10.9 Å². The van der Waals surface area contributed by atoms with Crippen molar-refractivity contribution in [2.45, 2.75) is 25.7 Å². The van der Waals surface area contributed by atoms with Gasteiger partial charge >= 0.3 is 6.18 Å². The van der Waals surface area contributed by atoms with Gasteiger partial charge in [0.25, 0.3) is 0 Å². The van der Waals surface area contributed by atoms with Crippen molar-refractivity contribution in [3.8, 4) is 0 Å². The van der Waals surface area contributed by atoms with Crippen LogP contribution in [-0.2, 0) is 12.7 Å². The van der Waals surface area contributed by atoms with Gasteiger partial charge in [-0.1, -0.05) is 36.4 Å². The summed E-state index contributed by atoms with van der Waals surface area (Å²) in [4.78, 5) is 4.39. The molecule has 0 aliphatic heterocycles. The van der Waals surface area contributed by atoms with Crippen LogP contribution in [0.3, 0.4) is 0 Å². The van der Waals surface area contributed by atoms with E-state index in [1.54, 1.807) is 12.3 Å². The molecule has 3 aromatic rings. The molecule has 1 N–H and O–H groups in total. The van der Waals surface area contributed by atoms with Crippen molar-refractivity contribution in [1.82, 2.24) is 10.3 Å². The Bertz CT molecular complexity index is 838. The first-order valence-corrected chi connectivity index (χ1v) is 7.68. The Hall–Kier alpha value is -2.40. The minimum absolute atomic E-state index is 0.203. The van der Waals surface area contributed by atoms with Crippen LogP contribution < -0.4 is 5.32 Å². The van der Waals surface area contributed by atoms with Crippen LogP contribution in [-0.4, -0.2) is 4.98 Å². The summed E-state index contributed by atoms with van der Waals surface area (Å²) < 4.78 is 38.5. The van der Waals surface area contributed by atoms with Gasteiger partial charge in [-0.25, -0.2) is 0 Å². The monoisotopic (exact) mass is 330 g/mol. The van der Waals surface area contributed by atoms with Gasteiger partial charge in [-0.05, 0) is 36.2 Å². The molecule has 0 radical (unpaired) electrons. The fourth-order valence-electron chi connectivity index (χ4n) is 2.68. The Labute approximate surface area is 138 Å². The van der Waals surface area contributed by atoms with Crippen LogP contribution in [0.25, 0.3) is 10.9 Å². The van der Waals surface area contributed by atoms with Gasteiger partial charge in [-0.2, -0.15) is 13.2 Å². The molecule has 5 heteroatoms. The number of benzene rings is 2. The molecule has 0 bridgehead atoms. The van der Waals surface area contributed by atoms with Crippen LogP contribution in [0.15, 0.2) is 60.8 Å². The number of fused-ring (bicyclic) bond motifs is 1. The van der Waals surface area contributed by atoms with Crippen molar-refractivity contribution in [2.24, 2.45) is 0 Å². The number of hydrogen-bond acceptors (Lipinski definition) is 2. The van der Waals surface area contributed by atoms with E-state index in [4.69, 9.17) is 0 Å². The lowest BCUT2D eigenvalue weighted by atomic mass is 10.0. The molecule has 3 rings (SSSR count). The highest BCUT2D eigenvalue weighted by Crippen LogP contribution is 2.30. The van der Waals surface area contributed by atoms with Crippen LogP contribution >= 0.6 is 0 Å². The Morgan fingerprint density at radius 1 is 1.04 bits per heavy atom. The number of hydrogen-bond donors (Lipinski definition) is 1. The lowest BCUT2D eigenvalue weighted by molar-refractivity contribution is -0.137. The summed E-state index contributed by atoms with van der Waals surface area (Å²) in [5.74, 6) is 0. The average molecular weight is 330 g/mol. The van der Waals surface area contributed by atoms with E-state index < -0.39 is 11.7 Å². The van der Waals surface area contributed by atoms with E-state index in [0.717, 1.165) is 22.5 Å². The summed E-state index contributed by atoms with van der Waals surface area (Å²) in [5.41, 5.74) is 1.91. The van der Waals surface area contributed by atoms with E-state index in [-0.39, 0.29) is 6.04 Å². The largest absolute Gasteiger partial charge is 0.416 e. The third kappa shape index (κ3) is 3.57. The van der Waals surface area contributed by atoms with Crippen LogP contribution in [0, 0.1) is 0 Å². The molecular formula is C19H17F3N2. The summed E-state index contributed by atoms with van der Waals surface area (Å²) in [6.07, 6.45) is -2.59. The molecule has 2 nitrogen and oxygen atoms in total. The SMILES string of the molecule is C[C@H](NCc1cccc2cccnc12)c1cccc(C(F)(F)F)c1. The molecule has 124 valence electrons. The molecule has 0 amide bonds. The van der Waals surface area contributed by atoms with Crippen molar-refractivity contribution in [1.29, 1.82) is 0 Å². The molecule has 0 unspecified atom stereocenters. The second-order valence-electron chi connectivity index (χ2n) is 5.72. The summed E-state index contributed by atoms with van der Waals surface area (Å²) in [6.45, 7) is 2.39. The third-order valence-electron chi connectivity index (χ3n) is 4.03. The lowest BCUT2D eigenvalue weighted by Crippen LogP contribution is -2.19. The van der Waals surface area contributed by atoms with Crippen molar-refractivity contribution < 1.29 is 13.2 Å². The molecule has 0 aliphatic carbocycles. The van der Waals surface area contributed by atoms with Crippen molar-refractivity contribution in [2.75, 3.05) is 0 Å². The zero-order valence-electron chi connectivity index (χ0n) is 13.1. The standard InChI is InChI=1S/C19H17F3N2/c1-13(15-6-3-9-17(11-15)19(20,21)22)24-12-16-7-2-5-14-8-4-10-23-18(14)16/h2-11,13,24H,12H2,1H3/t13-/m0/s1. The van der Waals surface area contributed by atoms with E-state index in [2.05, 4.69) is 10.3 Å². The van der Waals surface area contributed by atoms with Crippen LogP contribution in [0.5, 0.6) is 0 Å². The first-order chi connectivity index (χ1) is 11.4. The second-order valence-corrected chi connectivity index (χ2v) is 5.72. The zero-order chi connectivity index (χ0) is 17.2. The Morgan fingerprint density at radius 2 is 1.79 bits per heavy atom. The number of alkyl halides is 3. The predicted octanol–water partition coefficient (Wildman–Crippen LogP) is 5.10. The molecule has 24 heavy (non-hydrogen) atoms. The van der Waals surface area contributed by atoms with Crippen LogP contribution in [0.2, 0.25) is 0 Å². The van der Waals surface area contributed by atoms with E-state index in [0.29, 0.717) is 12.1 Å². The molecule has 1 aromatic heterocycles. The number of para-hydroxylation sites is 1. The molecule has 0 aliphatic rings. The number of pyridine rings is 1. The first-order valence-electron chi connectivity index (χ1n) is 7.68. The molecular weight excluding hydrogens is 313 g/mol. The van der Waals surface area contributed by atoms with E-state index in [9.17, 15) is 13.2 Å². The molecule has 1 heterocycles. The molecule has 0 fully saturated rings. The molecule has 1 atom stereocenters. The lowest BCUT2D eigenvalue weighted by Gasteiger charge is -2.17. The number of rotatable bonds is 4. The fraction of sp³-hybridized carbons (Fsp3) is 0.211. The summed E-state index contributed by atoms with van der Waals surface area (Å²) >= 11 is 0. The number of nitrogens with zero attached hydrogens (tertiary/aromatic N) is 1. The minimum Gasteiger partial charge on any atom is -0.306 e. The normalized spacial score (nSPS) is 13.2. The Morgan fingerprint density at radius 3 is 2.58 bits per heavy atom. The molecule has 0 saturated heterocycles. The number of nitrogens with one attached hydrogen (secondary N) is 1. The van der Waals surface area contributed by atoms with E-state index >= 15 is 0 Å². The Balaban J connectivity index is 1.77. The van der Waals surface area contributed by atoms with Gasteiger partial charge in [0, 0.05) is 24.2 Å². The zero-order valence-corrected chi connectivity index (χ0v) is 13.1. The van der Waals surface area contributed by atoms with Crippen LogP contribution in [0.1, 0.15) is 29.7 Å². The van der Waals surface area contributed by atoms with Gasteiger partial charge in [-0.15, -0.1) is 0 Å². The van der Waals surface area contributed by atoms with Gasteiger partial charge in [0.1, 0.15) is 0 Å². The first kappa shape index (κ1) is 16.5. The summed E-state index contributed by atoms with van der Waals surface area (Å²) in [6, 6.07) is 15.0. The minimum atomic E-state index is -4.32. The number of aromatic nitrogens is 1. The van der Waals surface area contributed by atoms with Gasteiger partial charge in [0.05, 0.1) is 11.1 Å². The van der Waals surface area contributed by atoms with Crippen molar-refractivity contribution in [3.63, 3.8) is 0 Å². The maximum Gasteiger partial charge on any atom is 0.416 e. The maximum atomic E-state index is 12.8. The predicted molar refractivity (Wildman–Crippen MR) is 88.4 cm³/mol. The van der Waals surface area contributed by atoms with Gasteiger partial charge in [-0.3, -0.25) is 4.98 Å². The maximum absolute atomic E-state index is 12.8. The quantitative estimate of drug-likeness (QED) is 0.719. The molecule has 2 aromatic carbocycles. The van der Waals surface area contributed by atoms with E-state index in [1.807, 2.05) is 37.3 Å². The van der Waals surface area contributed by atoms with Gasteiger partial charge in [0.2, 0.25) is 0 Å². The summed E-state index contributed by atoms with van der Waals surface area (Å²) in [7, 11) is 0. The smallest absolute Gasteiger partial charge is 0.306 e. The van der Waals surface area contributed by atoms with E-state index in [1.165, 1.54) is 12.1 Å².